The van der Waals surface area contributed by atoms with Crippen molar-refractivity contribution in [1.82, 2.24) is 9.97 Å². The zero-order valence-corrected chi connectivity index (χ0v) is 9.11. The number of carbonyl (C=O) groups is 1. The van der Waals surface area contributed by atoms with Gasteiger partial charge in [-0.05, 0) is 6.92 Å². The summed E-state index contributed by atoms with van der Waals surface area (Å²) in [4.78, 5) is 19.0. The van der Waals surface area contributed by atoms with Crippen molar-refractivity contribution in [2.24, 2.45) is 0 Å². The van der Waals surface area contributed by atoms with Gasteiger partial charge in [0.2, 0.25) is 11.5 Å². The van der Waals surface area contributed by atoms with Crippen LogP contribution >= 0.6 is 11.6 Å². The summed E-state index contributed by atoms with van der Waals surface area (Å²) in [6.45, 7) is 1.98. The molecule has 0 bridgehead atoms. The summed E-state index contributed by atoms with van der Waals surface area (Å²) in [7, 11) is 0. The van der Waals surface area contributed by atoms with Gasteiger partial charge in [-0.2, -0.15) is 0 Å². The van der Waals surface area contributed by atoms with Crippen LogP contribution in [0.4, 0.5) is 5.82 Å². The number of halogens is 1. The molecule has 2 heterocycles. The Hall–Kier alpha value is -1.82. The Kier molecular flexibility index (Phi) is 2.91. The quantitative estimate of drug-likeness (QED) is 0.622. The molecule has 0 saturated carbocycles. The number of ether oxygens (including phenoxy) is 2. The Labute approximate surface area is 96.2 Å². The molecule has 1 aliphatic rings. The van der Waals surface area contributed by atoms with Crippen LogP contribution in [0.2, 0.25) is 5.15 Å². The Morgan fingerprint density at radius 3 is 3.19 bits per heavy atom. The first-order valence-electron chi connectivity index (χ1n) is 4.54. The van der Waals surface area contributed by atoms with Crippen molar-refractivity contribution in [1.29, 1.82) is 0 Å². The van der Waals surface area contributed by atoms with Gasteiger partial charge in [-0.15, -0.1) is 0 Å². The molecule has 84 valence electrons. The van der Waals surface area contributed by atoms with Crippen LogP contribution in [0.1, 0.15) is 6.92 Å². The fourth-order valence-electron chi connectivity index (χ4n) is 1.12. The zero-order chi connectivity index (χ0) is 11.5. The summed E-state index contributed by atoms with van der Waals surface area (Å²) in [6, 6.07) is 0. The molecule has 0 radical (unpaired) electrons. The van der Waals surface area contributed by atoms with Crippen LogP contribution in [0.15, 0.2) is 18.3 Å². The highest BCUT2D eigenvalue weighted by Gasteiger charge is 2.22. The van der Waals surface area contributed by atoms with Crippen molar-refractivity contribution in [2.45, 2.75) is 6.92 Å². The second kappa shape index (κ2) is 4.36. The lowest BCUT2D eigenvalue weighted by molar-refractivity contribution is -0.141. The third-order valence-corrected chi connectivity index (χ3v) is 2.06. The number of esters is 1. The van der Waals surface area contributed by atoms with E-state index in [1.54, 1.807) is 6.92 Å². The molecule has 0 saturated heterocycles. The third-order valence-electron chi connectivity index (χ3n) is 1.79. The van der Waals surface area contributed by atoms with E-state index in [0.29, 0.717) is 5.82 Å². The van der Waals surface area contributed by atoms with E-state index in [2.05, 4.69) is 15.3 Å². The van der Waals surface area contributed by atoms with E-state index in [4.69, 9.17) is 21.1 Å². The van der Waals surface area contributed by atoms with E-state index >= 15 is 0 Å². The summed E-state index contributed by atoms with van der Waals surface area (Å²) in [5.74, 6) is 0.0781. The molecule has 0 amide bonds. The number of anilines is 1. The summed E-state index contributed by atoms with van der Waals surface area (Å²) in [6.07, 6.45) is 2.66. The lowest BCUT2D eigenvalue weighted by atomic mass is 10.4. The predicted octanol–water partition coefficient (Wildman–Crippen LogP) is 1.34. The monoisotopic (exact) mass is 241 g/mol. The number of hydrogen-bond donors (Lipinski definition) is 1. The zero-order valence-electron chi connectivity index (χ0n) is 8.36. The molecule has 1 aliphatic heterocycles. The summed E-state index contributed by atoms with van der Waals surface area (Å²) < 4.78 is 10.0. The van der Waals surface area contributed by atoms with Gasteiger partial charge in [0.05, 0.1) is 12.8 Å². The summed E-state index contributed by atoms with van der Waals surface area (Å²) in [5.41, 5.74) is 0. The highest BCUT2D eigenvalue weighted by Crippen LogP contribution is 2.33. The Morgan fingerprint density at radius 2 is 2.44 bits per heavy atom. The van der Waals surface area contributed by atoms with Gasteiger partial charge in [0, 0.05) is 0 Å². The number of carbonyl (C=O) groups excluding carboxylic acids is 1. The van der Waals surface area contributed by atoms with Crippen LogP contribution < -0.4 is 10.1 Å². The SMILES string of the molecule is CCOC(=O)C1=CNc2ncnc(Cl)c2O1. The van der Waals surface area contributed by atoms with Gasteiger partial charge in [0.25, 0.3) is 0 Å². The average molecular weight is 242 g/mol. The second-order valence-electron chi connectivity index (χ2n) is 2.82. The largest absolute Gasteiger partial charge is 0.460 e. The van der Waals surface area contributed by atoms with Gasteiger partial charge in [0.1, 0.15) is 6.33 Å². The molecule has 0 aliphatic carbocycles. The molecule has 1 N–H and O–H groups in total. The maximum atomic E-state index is 11.4. The first kappa shape index (κ1) is 10.7. The van der Waals surface area contributed by atoms with Crippen molar-refractivity contribution in [3.8, 4) is 5.75 Å². The van der Waals surface area contributed by atoms with Crippen LogP contribution in [0.25, 0.3) is 0 Å². The minimum absolute atomic E-state index is 0.0195. The minimum atomic E-state index is -0.569. The average Bonchev–Trinajstić information content (AvgIpc) is 2.29. The molecule has 1 aromatic heterocycles. The van der Waals surface area contributed by atoms with Crippen LogP contribution in [0, 0.1) is 0 Å². The fourth-order valence-corrected chi connectivity index (χ4v) is 1.29. The van der Waals surface area contributed by atoms with Gasteiger partial charge in [-0.3, -0.25) is 0 Å². The van der Waals surface area contributed by atoms with Crippen molar-refractivity contribution in [2.75, 3.05) is 11.9 Å². The lowest BCUT2D eigenvalue weighted by Gasteiger charge is -2.17. The number of nitrogens with zero attached hydrogens (tertiary/aromatic N) is 2. The van der Waals surface area contributed by atoms with Crippen molar-refractivity contribution >= 4 is 23.4 Å². The van der Waals surface area contributed by atoms with Crippen molar-refractivity contribution < 1.29 is 14.3 Å². The standard InChI is InChI=1S/C9H8ClN3O3/c1-2-15-9(14)5-3-11-8-6(16-5)7(10)12-4-13-8/h3-4H,2H2,1H3,(H,11,12,13). The number of hydrogen-bond acceptors (Lipinski definition) is 6. The molecule has 6 nitrogen and oxygen atoms in total. The predicted molar refractivity (Wildman–Crippen MR) is 56.0 cm³/mol. The number of nitrogens with one attached hydrogen (secondary N) is 1. The van der Waals surface area contributed by atoms with Crippen molar-refractivity contribution in [3.63, 3.8) is 0 Å². The van der Waals surface area contributed by atoms with Gasteiger partial charge >= 0.3 is 5.97 Å². The Balaban J connectivity index is 2.23. The van der Waals surface area contributed by atoms with Gasteiger partial charge in [-0.25, -0.2) is 14.8 Å². The second-order valence-corrected chi connectivity index (χ2v) is 3.18. The first-order chi connectivity index (χ1) is 7.72. The normalized spacial score (nSPS) is 13.0. The molecular weight excluding hydrogens is 234 g/mol. The van der Waals surface area contributed by atoms with Gasteiger partial charge in [-0.1, -0.05) is 11.6 Å². The molecule has 0 aromatic carbocycles. The molecular formula is C9H8ClN3O3. The Morgan fingerprint density at radius 1 is 1.62 bits per heavy atom. The maximum absolute atomic E-state index is 11.4. The molecule has 0 unspecified atom stereocenters. The smallest absolute Gasteiger partial charge is 0.375 e. The highest BCUT2D eigenvalue weighted by atomic mass is 35.5. The Bertz CT molecular complexity index is 461. The third kappa shape index (κ3) is 1.92. The first-order valence-corrected chi connectivity index (χ1v) is 4.92. The van der Waals surface area contributed by atoms with Crippen LogP contribution in [-0.4, -0.2) is 22.5 Å². The number of rotatable bonds is 2. The molecule has 16 heavy (non-hydrogen) atoms. The summed E-state index contributed by atoms with van der Waals surface area (Å²) >= 11 is 5.79. The van der Waals surface area contributed by atoms with E-state index in [0.717, 1.165) is 0 Å². The van der Waals surface area contributed by atoms with E-state index < -0.39 is 5.97 Å². The van der Waals surface area contributed by atoms with Crippen molar-refractivity contribution in [3.05, 3.63) is 23.4 Å². The highest BCUT2D eigenvalue weighted by molar-refractivity contribution is 6.31. The van der Waals surface area contributed by atoms with Gasteiger partial charge < -0.3 is 14.8 Å². The lowest BCUT2D eigenvalue weighted by Crippen LogP contribution is -2.18. The molecule has 7 heteroatoms. The van der Waals surface area contributed by atoms with Gasteiger partial charge in [0.15, 0.2) is 11.0 Å². The van der Waals surface area contributed by atoms with Crippen LogP contribution in [0.5, 0.6) is 5.75 Å². The van der Waals surface area contributed by atoms with E-state index in [-0.39, 0.29) is 23.3 Å². The molecule has 0 spiro atoms. The molecule has 0 atom stereocenters. The number of fused-ring (bicyclic) bond motifs is 1. The topological polar surface area (TPSA) is 73.3 Å². The summed E-state index contributed by atoms with van der Waals surface area (Å²) in [5, 5.41) is 2.90. The van der Waals surface area contributed by atoms with E-state index in [1.165, 1.54) is 12.5 Å². The van der Waals surface area contributed by atoms with E-state index in [9.17, 15) is 4.79 Å². The van der Waals surface area contributed by atoms with Crippen LogP contribution in [0.3, 0.4) is 0 Å². The fraction of sp³-hybridized carbons (Fsp3) is 0.222. The number of aromatic nitrogens is 2. The molecule has 0 fully saturated rings. The minimum Gasteiger partial charge on any atom is -0.460 e. The van der Waals surface area contributed by atoms with Crippen LogP contribution in [-0.2, 0) is 9.53 Å². The van der Waals surface area contributed by atoms with E-state index in [1.807, 2.05) is 0 Å². The molecule has 1 aromatic rings. The maximum Gasteiger partial charge on any atom is 0.375 e. The molecule has 2 rings (SSSR count).